The topological polar surface area (TPSA) is 58.2 Å². The first kappa shape index (κ1) is 13.9. The Labute approximate surface area is 87.5 Å². The summed E-state index contributed by atoms with van der Waals surface area (Å²) < 4.78 is 24.6. The molecule has 0 atom stereocenters. The van der Waals surface area contributed by atoms with Crippen molar-refractivity contribution in [3.8, 4) is 0 Å². The summed E-state index contributed by atoms with van der Waals surface area (Å²) in [5, 5.41) is 3.22. The first-order valence-electron chi connectivity index (χ1n) is 4.96. The molecule has 0 aliphatic heterocycles. The van der Waals surface area contributed by atoms with Crippen LogP contribution < -0.4 is 10.0 Å². The van der Waals surface area contributed by atoms with E-state index >= 15 is 0 Å². The Morgan fingerprint density at radius 1 is 1.29 bits per heavy atom. The lowest BCUT2D eigenvalue weighted by molar-refractivity contribution is 0.419. The number of nitrogens with one attached hydrogen (secondary N) is 2. The molecule has 0 saturated carbocycles. The van der Waals surface area contributed by atoms with Crippen LogP contribution in [0.5, 0.6) is 0 Å². The molecular formula is C9H22N2O2S. The maximum absolute atomic E-state index is 11.0. The normalized spacial score (nSPS) is 13.1. The summed E-state index contributed by atoms with van der Waals surface area (Å²) in [5.41, 5.74) is -0.415. The molecule has 0 amide bonds. The Balaban J connectivity index is 3.84. The van der Waals surface area contributed by atoms with Gasteiger partial charge in [-0.2, -0.15) is 0 Å². The predicted molar refractivity (Wildman–Crippen MR) is 59.8 cm³/mol. The highest BCUT2D eigenvalue weighted by atomic mass is 32.2. The molecule has 0 bridgehead atoms. The molecule has 0 heterocycles. The zero-order chi connectivity index (χ0) is 11.2. The molecule has 5 heteroatoms. The van der Waals surface area contributed by atoms with Gasteiger partial charge in [-0.15, -0.1) is 0 Å². The molecule has 0 saturated heterocycles. The third-order valence-electron chi connectivity index (χ3n) is 1.74. The third kappa shape index (κ3) is 8.47. The number of rotatable bonds is 7. The Morgan fingerprint density at radius 3 is 2.29 bits per heavy atom. The summed E-state index contributed by atoms with van der Waals surface area (Å²) in [5.74, 6) is 0. The number of sulfonamides is 1. The second kappa shape index (κ2) is 5.68. The maximum Gasteiger partial charge on any atom is 0.209 e. The van der Waals surface area contributed by atoms with Gasteiger partial charge in [0.2, 0.25) is 10.0 Å². The maximum atomic E-state index is 11.0. The summed E-state index contributed by atoms with van der Waals surface area (Å²) in [6, 6.07) is 0. The van der Waals surface area contributed by atoms with Gasteiger partial charge < -0.3 is 5.32 Å². The lowest BCUT2D eigenvalue weighted by atomic mass is 10.1. The van der Waals surface area contributed by atoms with Crippen LogP contribution in [0, 0.1) is 0 Å². The number of hydrogen-bond acceptors (Lipinski definition) is 3. The Kier molecular flexibility index (Phi) is 5.63. The van der Waals surface area contributed by atoms with E-state index in [-0.39, 0.29) is 0 Å². The van der Waals surface area contributed by atoms with Crippen molar-refractivity contribution in [1.29, 1.82) is 0 Å². The molecule has 0 aromatic rings. The van der Waals surface area contributed by atoms with Gasteiger partial charge in [-0.3, -0.25) is 0 Å². The van der Waals surface area contributed by atoms with E-state index in [0.29, 0.717) is 6.54 Å². The van der Waals surface area contributed by atoms with Crippen LogP contribution in [-0.4, -0.2) is 33.3 Å². The van der Waals surface area contributed by atoms with Gasteiger partial charge in [0.15, 0.2) is 0 Å². The minimum absolute atomic E-state index is 0.415. The van der Waals surface area contributed by atoms with Crippen molar-refractivity contribution in [2.24, 2.45) is 0 Å². The van der Waals surface area contributed by atoms with Gasteiger partial charge in [-0.25, -0.2) is 13.1 Å². The summed E-state index contributed by atoms with van der Waals surface area (Å²) in [6.07, 6.45) is 3.45. The highest BCUT2D eigenvalue weighted by molar-refractivity contribution is 7.88. The highest BCUT2D eigenvalue weighted by Crippen LogP contribution is 2.01. The van der Waals surface area contributed by atoms with E-state index in [1.165, 1.54) is 6.26 Å². The zero-order valence-electron chi connectivity index (χ0n) is 9.55. The highest BCUT2D eigenvalue weighted by Gasteiger charge is 2.20. The monoisotopic (exact) mass is 222 g/mol. The summed E-state index contributed by atoms with van der Waals surface area (Å²) in [7, 11) is -3.11. The van der Waals surface area contributed by atoms with E-state index in [0.717, 1.165) is 19.4 Å². The van der Waals surface area contributed by atoms with Crippen molar-refractivity contribution in [2.75, 3.05) is 19.3 Å². The van der Waals surface area contributed by atoms with Crippen LogP contribution in [0.1, 0.15) is 33.6 Å². The first-order valence-corrected chi connectivity index (χ1v) is 6.85. The molecule has 86 valence electrons. The van der Waals surface area contributed by atoms with Gasteiger partial charge in [-0.05, 0) is 26.8 Å². The molecule has 0 aromatic carbocycles. The van der Waals surface area contributed by atoms with Gasteiger partial charge in [-0.1, -0.05) is 13.3 Å². The van der Waals surface area contributed by atoms with E-state index in [9.17, 15) is 8.42 Å². The van der Waals surface area contributed by atoms with Gasteiger partial charge in [0.05, 0.1) is 6.26 Å². The van der Waals surface area contributed by atoms with Crippen LogP contribution in [0.2, 0.25) is 0 Å². The second-order valence-electron chi connectivity index (χ2n) is 4.29. The molecule has 0 aromatic heterocycles. The lowest BCUT2D eigenvalue weighted by Gasteiger charge is -2.25. The van der Waals surface area contributed by atoms with Gasteiger partial charge in [0.25, 0.3) is 0 Å². The van der Waals surface area contributed by atoms with E-state index in [1.54, 1.807) is 0 Å². The number of unbranched alkanes of at least 4 members (excludes halogenated alkanes) is 1. The Morgan fingerprint density at radius 2 is 1.86 bits per heavy atom. The third-order valence-corrected chi connectivity index (χ3v) is 2.66. The largest absolute Gasteiger partial charge is 0.315 e. The molecule has 0 aliphatic carbocycles. The molecule has 0 radical (unpaired) electrons. The van der Waals surface area contributed by atoms with Gasteiger partial charge in [0.1, 0.15) is 0 Å². The average Bonchev–Trinajstić information content (AvgIpc) is 1.93. The molecule has 4 nitrogen and oxygen atoms in total. The van der Waals surface area contributed by atoms with Crippen LogP contribution in [-0.2, 0) is 10.0 Å². The van der Waals surface area contributed by atoms with Crippen LogP contribution in [0.3, 0.4) is 0 Å². The minimum atomic E-state index is -3.11. The van der Waals surface area contributed by atoms with E-state index in [2.05, 4.69) is 17.0 Å². The Hall–Kier alpha value is -0.130. The zero-order valence-corrected chi connectivity index (χ0v) is 10.4. The second-order valence-corrected chi connectivity index (χ2v) is 6.04. The van der Waals surface area contributed by atoms with Crippen molar-refractivity contribution in [1.82, 2.24) is 10.0 Å². The van der Waals surface area contributed by atoms with Crippen LogP contribution >= 0.6 is 0 Å². The van der Waals surface area contributed by atoms with Crippen molar-refractivity contribution in [3.63, 3.8) is 0 Å². The number of hydrogen-bond donors (Lipinski definition) is 2. The lowest BCUT2D eigenvalue weighted by Crippen LogP contribution is -2.49. The first-order chi connectivity index (χ1) is 6.27. The smallest absolute Gasteiger partial charge is 0.209 e. The summed E-state index contributed by atoms with van der Waals surface area (Å²) in [4.78, 5) is 0. The van der Waals surface area contributed by atoms with E-state index < -0.39 is 15.6 Å². The molecule has 0 spiro atoms. The van der Waals surface area contributed by atoms with E-state index in [1.807, 2.05) is 13.8 Å². The molecule has 2 N–H and O–H groups in total. The quantitative estimate of drug-likeness (QED) is 0.624. The molecule has 0 aliphatic rings. The summed E-state index contributed by atoms with van der Waals surface area (Å²) in [6.45, 7) is 7.45. The fourth-order valence-corrected chi connectivity index (χ4v) is 2.32. The minimum Gasteiger partial charge on any atom is -0.315 e. The molecule has 0 unspecified atom stereocenters. The van der Waals surface area contributed by atoms with Crippen molar-refractivity contribution in [3.05, 3.63) is 0 Å². The van der Waals surface area contributed by atoms with Crippen LogP contribution in [0.25, 0.3) is 0 Å². The van der Waals surface area contributed by atoms with Gasteiger partial charge in [0, 0.05) is 12.1 Å². The predicted octanol–water partition coefficient (Wildman–Crippen LogP) is 0.704. The average molecular weight is 222 g/mol. The molecular weight excluding hydrogens is 200 g/mol. The van der Waals surface area contributed by atoms with Crippen molar-refractivity contribution >= 4 is 10.0 Å². The molecule has 14 heavy (non-hydrogen) atoms. The molecule has 0 fully saturated rings. The van der Waals surface area contributed by atoms with Crippen LogP contribution in [0.4, 0.5) is 0 Å². The van der Waals surface area contributed by atoms with Gasteiger partial charge >= 0.3 is 0 Å². The summed E-state index contributed by atoms with van der Waals surface area (Å²) >= 11 is 0. The standard InChI is InChI=1S/C9H22N2O2S/c1-5-6-7-10-8-9(2,3)11-14(4,12)13/h10-11H,5-8H2,1-4H3. The Bertz CT molecular complexity index is 248. The van der Waals surface area contributed by atoms with Crippen LogP contribution in [0.15, 0.2) is 0 Å². The van der Waals surface area contributed by atoms with Crippen molar-refractivity contribution in [2.45, 2.75) is 39.2 Å². The SMILES string of the molecule is CCCCNCC(C)(C)NS(C)(=O)=O. The fourth-order valence-electron chi connectivity index (χ4n) is 1.24. The van der Waals surface area contributed by atoms with E-state index in [4.69, 9.17) is 0 Å². The molecule has 0 rings (SSSR count). The fraction of sp³-hybridized carbons (Fsp3) is 1.00. The van der Waals surface area contributed by atoms with Crippen molar-refractivity contribution < 1.29 is 8.42 Å².